The lowest BCUT2D eigenvalue weighted by atomic mass is 10.0. The second kappa shape index (κ2) is 8.86. The maximum absolute atomic E-state index is 5.57. The van der Waals surface area contributed by atoms with Crippen molar-refractivity contribution in [2.45, 2.75) is 39.2 Å². The van der Waals surface area contributed by atoms with Crippen molar-refractivity contribution in [2.75, 3.05) is 13.2 Å². The van der Waals surface area contributed by atoms with Gasteiger partial charge in [0.1, 0.15) is 0 Å². The molecule has 0 radical (unpaired) electrons. The third-order valence-corrected chi connectivity index (χ3v) is 3.75. The molecule has 4 nitrogen and oxygen atoms in total. The molecule has 1 atom stereocenters. The number of ether oxygens (including phenoxy) is 1. The molecule has 1 aliphatic rings. The monoisotopic (exact) mass is 319 g/mol. The summed E-state index contributed by atoms with van der Waals surface area (Å²) < 4.78 is 5.57. The first-order chi connectivity index (χ1) is 10.6. The minimum Gasteiger partial charge on any atom is -0.376 e. The van der Waals surface area contributed by atoms with Crippen molar-refractivity contribution in [1.29, 1.82) is 0 Å². The summed E-state index contributed by atoms with van der Waals surface area (Å²) in [6, 6.07) is 10.2. The molecule has 120 valence electrons. The average molecular weight is 319 g/mol. The van der Waals surface area contributed by atoms with Gasteiger partial charge in [0.2, 0.25) is 0 Å². The predicted octanol–water partition coefficient (Wildman–Crippen LogP) is 3.08. The van der Waals surface area contributed by atoms with Gasteiger partial charge in [-0.2, -0.15) is 5.10 Å². The Bertz CT molecular complexity index is 496. The topological polar surface area (TPSA) is 45.7 Å². The maximum Gasteiger partial charge on any atom is 0.187 e. The molecule has 2 rings (SSSR count). The lowest BCUT2D eigenvalue weighted by Gasteiger charge is -2.14. The lowest BCUT2D eigenvalue weighted by molar-refractivity contribution is 0.114. The number of nitrogens with one attached hydrogen (secondary N) is 2. The normalized spacial score (nSPS) is 18.5. The summed E-state index contributed by atoms with van der Waals surface area (Å²) in [5.74, 6) is 0.536. The van der Waals surface area contributed by atoms with Gasteiger partial charge in [-0.25, -0.2) is 0 Å². The van der Waals surface area contributed by atoms with Crippen LogP contribution in [0.1, 0.15) is 38.7 Å². The van der Waals surface area contributed by atoms with Crippen molar-refractivity contribution in [1.82, 2.24) is 10.7 Å². The SMILES string of the molecule is CC(C)C/C(=N\NC(=S)NCC1CCCO1)c1ccccc1. The zero-order valence-corrected chi connectivity index (χ0v) is 14.2. The highest BCUT2D eigenvalue weighted by molar-refractivity contribution is 7.80. The van der Waals surface area contributed by atoms with Crippen molar-refractivity contribution < 1.29 is 4.74 Å². The van der Waals surface area contributed by atoms with Gasteiger partial charge in [0, 0.05) is 13.2 Å². The van der Waals surface area contributed by atoms with E-state index in [-0.39, 0.29) is 6.10 Å². The molecule has 0 saturated carbocycles. The molecular weight excluding hydrogens is 294 g/mol. The van der Waals surface area contributed by atoms with Gasteiger partial charge in [-0.3, -0.25) is 5.43 Å². The molecule has 0 amide bonds. The highest BCUT2D eigenvalue weighted by Crippen LogP contribution is 2.11. The number of rotatable bonds is 6. The highest BCUT2D eigenvalue weighted by atomic mass is 32.1. The number of thiocarbonyl (C=S) groups is 1. The molecule has 1 heterocycles. The van der Waals surface area contributed by atoms with E-state index in [1.165, 1.54) is 0 Å². The minimum atomic E-state index is 0.271. The van der Waals surface area contributed by atoms with Crippen LogP contribution in [0, 0.1) is 5.92 Å². The summed E-state index contributed by atoms with van der Waals surface area (Å²) in [4.78, 5) is 0. The number of hydrogen-bond acceptors (Lipinski definition) is 3. The van der Waals surface area contributed by atoms with Crippen molar-refractivity contribution in [3.63, 3.8) is 0 Å². The van der Waals surface area contributed by atoms with E-state index in [2.05, 4.69) is 41.8 Å². The number of benzene rings is 1. The van der Waals surface area contributed by atoms with E-state index in [9.17, 15) is 0 Å². The first-order valence-corrected chi connectivity index (χ1v) is 8.33. The van der Waals surface area contributed by atoms with E-state index in [0.717, 1.165) is 43.7 Å². The van der Waals surface area contributed by atoms with Gasteiger partial charge in [-0.1, -0.05) is 44.2 Å². The van der Waals surface area contributed by atoms with Gasteiger partial charge >= 0.3 is 0 Å². The second-order valence-electron chi connectivity index (χ2n) is 5.98. The molecule has 1 saturated heterocycles. The predicted molar refractivity (Wildman–Crippen MR) is 95.1 cm³/mol. The van der Waals surface area contributed by atoms with E-state index >= 15 is 0 Å². The first-order valence-electron chi connectivity index (χ1n) is 7.92. The Morgan fingerprint density at radius 1 is 1.36 bits per heavy atom. The minimum absolute atomic E-state index is 0.271. The van der Waals surface area contributed by atoms with Crippen molar-refractivity contribution in [3.8, 4) is 0 Å². The van der Waals surface area contributed by atoms with Crippen LogP contribution >= 0.6 is 12.2 Å². The molecule has 0 aliphatic carbocycles. The molecule has 0 aromatic heterocycles. The van der Waals surface area contributed by atoms with E-state index in [1.54, 1.807) is 0 Å². The van der Waals surface area contributed by atoms with Crippen LogP contribution in [0.3, 0.4) is 0 Å². The lowest BCUT2D eigenvalue weighted by Crippen LogP contribution is -2.37. The number of hydrogen-bond donors (Lipinski definition) is 2. The summed E-state index contributed by atoms with van der Waals surface area (Å²) >= 11 is 5.29. The Morgan fingerprint density at radius 3 is 2.77 bits per heavy atom. The number of nitrogens with zero attached hydrogens (tertiary/aromatic N) is 1. The van der Waals surface area contributed by atoms with E-state index in [4.69, 9.17) is 17.0 Å². The van der Waals surface area contributed by atoms with Crippen LogP contribution in [0.2, 0.25) is 0 Å². The molecule has 2 N–H and O–H groups in total. The fourth-order valence-electron chi connectivity index (χ4n) is 2.41. The van der Waals surface area contributed by atoms with Gasteiger partial charge < -0.3 is 10.1 Å². The highest BCUT2D eigenvalue weighted by Gasteiger charge is 2.15. The quantitative estimate of drug-likeness (QED) is 0.480. The Morgan fingerprint density at radius 2 is 2.14 bits per heavy atom. The summed E-state index contributed by atoms with van der Waals surface area (Å²) in [7, 11) is 0. The molecular formula is C17H25N3OS. The zero-order chi connectivity index (χ0) is 15.8. The average Bonchev–Trinajstić information content (AvgIpc) is 3.03. The summed E-state index contributed by atoms with van der Waals surface area (Å²) in [6.07, 6.45) is 3.41. The van der Waals surface area contributed by atoms with Gasteiger partial charge in [0.05, 0.1) is 11.8 Å². The first kappa shape index (κ1) is 16.9. The van der Waals surface area contributed by atoms with Crippen molar-refractivity contribution >= 4 is 23.0 Å². The molecule has 0 spiro atoms. The summed E-state index contributed by atoms with van der Waals surface area (Å²) in [6.45, 7) is 5.97. The van der Waals surface area contributed by atoms with E-state index < -0.39 is 0 Å². The van der Waals surface area contributed by atoms with Gasteiger partial charge in [0.15, 0.2) is 5.11 Å². The fraction of sp³-hybridized carbons (Fsp3) is 0.529. The Labute approximate surface area is 138 Å². The second-order valence-corrected chi connectivity index (χ2v) is 6.39. The van der Waals surface area contributed by atoms with Crippen LogP contribution < -0.4 is 10.7 Å². The molecule has 22 heavy (non-hydrogen) atoms. The van der Waals surface area contributed by atoms with Crippen LogP contribution in [0.4, 0.5) is 0 Å². The zero-order valence-electron chi connectivity index (χ0n) is 13.3. The molecule has 1 aliphatic heterocycles. The van der Waals surface area contributed by atoms with Crippen molar-refractivity contribution in [3.05, 3.63) is 35.9 Å². The Hall–Kier alpha value is -1.46. The fourth-order valence-corrected chi connectivity index (χ4v) is 2.54. The van der Waals surface area contributed by atoms with Crippen LogP contribution in [0.15, 0.2) is 35.4 Å². The standard InChI is InChI=1S/C17H25N3OS/c1-13(2)11-16(14-7-4-3-5-8-14)19-20-17(22)18-12-15-9-6-10-21-15/h3-5,7-8,13,15H,6,9-12H2,1-2H3,(H2,18,20,22)/b19-16+. The molecule has 5 heteroatoms. The third kappa shape index (κ3) is 5.73. The summed E-state index contributed by atoms with van der Waals surface area (Å²) in [5.41, 5.74) is 5.12. The van der Waals surface area contributed by atoms with Crippen LogP contribution in [0.25, 0.3) is 0 Å². The van der Waals surface area contributed by atoms with E-state index in [0.29, 0.717) is 11.0 Å². The maximum atomic E-state index is 5.57. The number of hydrazone groups is 1. The Balaban J connectivity index is 1.89. The van der Waals surface area contributed by atoms with Crippen molar-refractivity contribution in [2.24, 2.45) is 11.0 Å². The molecule has 1 aromatic carbocycles. The smallest absolute Gasteiger partial charge is 0.187 e. The molecule has 0 bridgehead atoms. The summed E-state index contributed by atoms with van der Waals surface area (Å²) in [5, 5.41) is 8.22. The van der Waals surface area contributed by atoms with Gasteiger partial charge in [-0.15, -0.1) is 0 Å². The van der Waals surface area contributed by atoms with Crippen LogP contribution in [-0.4, -0.2) is 30.1 Å². The largest absolute Gasteiger partial charge is 0.376 e. The third-order valence-electron chi connectivity index (χ3n) is 3.52. The van der Waals surface area contributed by atoms with Crippen LogP contribution in [-0.2, 0) is 4.74 Å². The van der Waals surface area contributed by atoms with Crippen LogP contribution in [0.5, 0.6) is 0 Å². The van der Waals surface area contributed by atoms with E-state index in [1.807, 2.05) is 18.2 Å². The molecule has 1 unspecified atom stereocenters. The Kier molecular flexibility index (Phi) is 6.80. The van der Waals surface area contributed by atoms with Gasteiger partial charge in [0.25, 0.3) is 0 Å². The van der Waals surface area contributed by atoms with Gasteiger partial charge in [-0.05, 0) is 43.0 Å². The molecule has 1 aromatic rings. The molecule has 1 fully saturated rings.